The van der Waals surface area contributed by atoms with Crippen molar-refractivity contribution in [2.24, 2.45) is 5.41 Å². The Kier molecular flexibility index (Phi) is 4.24. The highest BCUT2D eigenvalue weighted by molar-refractivity contribution is 5.28. The van der Waals surface area contributed by atoms with Gasteiger partial charge in [0, 0.05) is 31.0 Å². The summed E-state index contributed by atoms with van der Waals surface area (Å²) in [5, 5.41) is 18.1. The highest BCUT2D eigenvalue weighted by Gasteiger charge is 2.39. The van der Waals surface area contributed by atoms with Gasteiger partial charge in [-0.15, -0.1) is 0 Å². The average molecular weight is 280 g/mol. The molecule has 5 heteroatoms. The van der Waals surface area contributed by atoms with Gasteiger partial charge < -0.3 is 5.11 Å². The zero-order valence-corrected chi connectivity index (χ0v) is 11.4. The molecule has 1 saturated heterocycles. The van der Waals surface area contributed by atoms with Crippen molar-refractivity contribution in [2.75, 3.05) is 13.1 Å². The van der Waals surface area contributed by atoms with E-state index in [1.165, 1.54) is 12.1 Å². The number of hydrogen-bond donors (Lipinski definition) is 1. The number of alkyl halides is 1. The summed E-state index contributed by atoms with van der Waals surface area (Å²) in [5.41, 5.74) is 0.0357. The number of hydrogen-bond acceptors (Lipinski definition) is 3. The van der Waals surface area contributed by atoms with Crippen molar-refractivity contribution in [3.63, 3.8) is 0 Å². The molecule has 0 bridgehead atoms. The molecule has 0 amide bonds. The van der Waals surface area contributed by atoms with Gasteiger partial charge in [-0.1, -0.05) is 6.92 Å². The molecule has 1 aliphatic rings. The maximum Gasteiger partial charge on any atom is 0.127 e. The Morgan fingerprint density at radius 2 is 2.25 bits per heavy atom. The van der Waals surface area contributed by atoms with Crippen molar-refractivity contribution in [3.8, 4) is 11.8 Å². The van der Waals surface area contributed by atoms with Crippen LogP contribution in [0.5, 0.6) is 5.75 Å². The summed E-state index contributed by atoms with van der Waals surface area (Å²) < 4.78 is 27.4. The molecule has 20 heavy (non-hydrogen) atoms. The van der Waals surface area contributed by atoms with Gasteiger partial charge in [0.15, 0.2) is 0 Å². The average Bonchev–Trinajstić information content (AvgIpc) is 2.33. The van der Waals surface area contributed by atoms with Gasteiger partial charge in [0.1, 0.15) is 17.7 Å². The first-order valence-electron chi connectivity index (χ1n) is 6.65. The van der Waals surface area contributed by atoms with Crippen LogP contribution in [0, 0.1) is 22.6 Å². The van der Waals surface area contributed by atoms with E-state index in [-0.39, 0.29) is 18.7 Å². The van der Waals surface area contributed by atoms with E-state index in [2.05, 4.69) is 0 Å². The van der Waals surface area contributed by atoms with E-state index in [1.54, 1.807) is 6.92 Å². The van der Waals surface area contributed by atoms with Gasteiger partial charge in [0.25, 0.3) is 0 Å². The van der Waals surface area contributed by atoms with Gasteiger partial charge in [0.05, 0.1) is 6.07 Å². The number of likely N-dealkylation sites (tertiary alicyclic amines) is 1. The third-order valence-corrected chi connectivity index (χ3v) is 4.01. The molecule has 2 unspecified atom stereocenters. The molecule has 0 aromatic heterocycles. The molecule has 0 radical (unpaired) electrons. The number of rotatable bonds is 3. The standard InChI is InChI=1S/C15H18F2N2O/c1-15(2-4-18)3-5-19(10-14(15)17)9-11-6-12(16)8-13(20)7-11/h6-8,14,20H,2-3,5,9-10H2,1H3. The molecule has 2 rings (SSSR count). The fourth-order valence-electron chi connectivity index (χ4n) is 2.61. The van der Waals surface area contributed by atoms with Gasteiger partial charge in [-0.3, -0.25) is 4.90 Å². The second kappa shape index (κ2) is 5.76. The number of nitrogens with zero attached hydrogens (tertiary/aromatic N) is 2. The van der Waals surface area contributed by atoms with Crippen LogP contribution in [0.25, 0.3) is 0 Å². The van der Waals surface area contributed by atoms with Crippen LogP contribution in [0.4, 0.5) is 8.78 Å². The van der Waals surface area contributed by atoms with Crippen molar-refractivity contribution < 1.29 is 13.9 Å². The lowest BCUT2D eigenvalue weighted by molar-refractivity contribution is 0.0185. The van der Waals surface area contributed by atoms with E-state index >= 15 is 0 Å². The van der Waals surface area contributed by atoms with E-state index < -0.39 is 17.4 Å². The largest absolute Gasteiger partial charge is 0.508 e. The molecule has 1 aromatic carbocycles. The molecule has 1 heterocycles. The van der Waals surface area contributed by atoms with E-state index in [4.69, 9.17) is 5.26 Å². The third-order valence-electron chi connectivity index (χ3n) is 4.01. The first-order chi connectivity index (χ1) is 9.43. The van der Waals surface area contributed by atoms with Crippen LogP contribution in [0.3, 0.4) is 0 Å². The second-order valence-electron chi connectivity index (χ2n) is 5.76. The van der Waals surface area contributed by atoms with Crippen molar-refractivity contribution in [3.05, 3.63) is 29.6 Å². The number of halogens is 2. The smallest absolute Gasteiger partial charge is 0.127 e. The fourth-order valence-corrected chi connectivity index (χ4v) is 2.61. The predicted octanol–water partition coefficient (Wildman–Crippen LogP) is 3.00. The molecule has 0 spiro atoms. The number of phenols is 1. The molecule has 1 aliphatic heterocycles. The van der Waals surface area contributed by atoms with E-state index in [0.717, 1.165) is 6.07 Å². The van der Waals surface area contributed by atoms with Crippen LogP contribution < -0.4 is 0 Å². The normalized spacial score (nSPS) is 27.2. The van der Waals surface area contributed by atoms with E-state index in [9.17, 15) is 13.9 Å². The summed E-state index contributed by atoms with van der Waals surface area (Å²) in [6.45, 7) is 3.09. The number of piperidine rings is 1. The number of aromatic hydroxyl groups is 1. The molecular formula is C15H18F2N2O. The Bertz CT molecular complexity index is 509. The summed E-state index contributed by atoms with van der Waals surface area (Å²) in [6.07, 6.45) is -0.260. The Labute approximate surface area is 117 Å². The SMILES string of the molecule is CC1(CC#N)CCN(Cc2cc(O)cc(F)c2)CC1F. The zero-order chi connectivity index (χ0) is 14.8. The predicted molar refractivity (Wildman–Crippen MR) is 71.2 cm³/mol. The third kappa shape index (κ3) is 3.26. The zero-order valence-electron chi connectivity index (χ0n) is 11.4. The Hall–Kier alpha value is -1.67. The van der Waals surface area contributed by atoms with Crippen molar-refractivity contribution in [1.82, 2.24) is 4.90 Å². The molecule has 3 nitrogen and oxygen atoms in total. The Morgan fingerprint density at radius 3 is 2.85 bits per heavy atom. The molecule has 1 N–H and O–H groups in total. The molecule has 1 aromatic rings. The van der Waals surface area contributed by atoms with Gasteiger partial charge >= 0.3 is 0 Å². The topological polar surface area (TPSA) is 47.3 Å². The van der Waals surface area contributed by atoms with Gasteiger partial charge in [-0.2, -0.15) is 5.26 Å². The van der Waals surface area contributed by atoms with Crippen molar-refractivity contribution >= 4 is 0 Å². The lowest BCUT2D eigenvalue weighted by atomic mass is 9.76. The first-order valence-corrected chi connectivity index (χ1v) is 6.65. The van der Waals surface area contributed by atoms with E-state index in [1.807, 2.05) is 11.0 Å². The first kappa shape index (κ1) is 14.7. The highest BCUT2D eigenvalue weighted by atomic mass is 19.1. The number of phenolic OH excluding ortho intramolecular Hbond substituents is 1. The minimum atomic E-state index is -1.07. The quantitative estimate of drug-likeness (QED) is 0.926. The highest BCUT2D eigenvalue weighted by Crippen LogP contribution is 2.36. The van der Waals surface area contributed by atoms with Crippen LogP contribution in [0.15, 0.2) is 18.2 Å². The second-order valence-corrected chi connectivity index (χ2v) is 5.76. The summed E-state index contributed by atoms with van der Waals surface area (Å²) in [5.74, 6) is -0.619. The molecule has 0 saturated carbocycles. The molecule has 2 atom stereocenters. The lowest BCUT2D eigenvalue weighted by Gasteiger charge is -2.41. The van der Waals surface area contributed by atoms with Crippen LogP contribution in [-0.4, -0.2) is 29.3 Å². The van der Waals surface area contributed by atoms with Crippen LogP contribution in [0.1, 0.15) is 25.3 Å². The number of benzene rings is 1. The minimum Gasteiger partial charge on any atom is -0.508 e. The van der Waals surface area contributed by atoms with Gasteiger partial charge in [-0.25, -0.2) is 8.78 Å². The molecule has 108 valence electrons. The van der Waals surface area contributed by atoms with Crippen LogP contribution in [-0.2, 0) is 6.54 Å². The maximum absolute atomic E-state index is 14.2. The van der Waals surface area contributed by atoms with E-state index in [0.29, 0.717) is 25.1 Å². The fraction of sp³-hybridized carbons (Fsp3) is 0.533. The van der Waals surface area contributed by atoms with Crippen LogP contribution >= 0.6 is 0 Å². The molecule has 1 fully saturated rings. The van der Waals surface area contributed by atoms with Crippen molar-refractivity contribution in [2.45, 2.75) is 32.5 Å². The van der Waals surface area contributed by atoms with Crippen LogP contribution in [0.2, 0.25) is 0 Å². The van der Waals surface area contributed by atoms with Gasteiger partial charge in [-0.05, 0) is 30.7 Å². The summed E-state index contributed by atoms with van der Waals surface area (Å²) in [7, 11) is 0. The summed E-state index contributed by atoms with van der Waals surface area (Å²) in [6, 6.07) is 5.92. The molecule has 0 aliphatic carbocycles. The van der Waals surface area contributed by atoms with Gasteiger partial charge in [0.2, 0.25) is 0 Å². The minimum absolute atomic E-state index is 0.122. The lowest BCUT2D eigenvalue weighted by Crippen LogP contribution is -2.47. The summed E-state index contributed by atoms with van der Waals surface area (Å²) in [4.78, 5) is 1.89. The maximum atomic E-state index is 14.2. The number of nitriles is 1. The Morgan fingerprint density at radius 1 is 1.50 bits per heavy atom. The Balaban J connectivity index is 2.01. The van der Waals surface area contributed by atoms with Crippen molar-refractivity contribution in [1.29, 1.82) is 5.26 Å². The molecular weight excluding hydrogens is 262 g/mol. The monoisotopic (exact) mass is 280 g/mol. The summed E-state index contributed by atoms with van der Waals surface area (Å²) >= 11 is 0.